The zero-order valence-electron chi connectivity index (χ0n) is 14.1. The van der Waals surface area contributed by atoms with Crippen molar-refractivity contribution in [2.75, 3.05) is 13.7 Å². The van der Waals surface area contributed by atoms with Gasteiger partial charge in [0.25, 0.3) is 0 Å². The fourth-order valence-electron chi connectivity index (χ4n) is 3.65. The summed E-state index contributed by atoms with van der Waals surface area (Å²) in [6.07, 6.45) is 1.27. The van der Waals surface area contributed by atoms with E-state index < -0.39 is 70.2 Å². The summed E-state index contributed by atoms with van der Waals surface area (Å²) in [5, 5.41) is 0. The first-order chi connectivity index (χ1) is 12.7. The lowest BCUT2D eigenvalue weighted by Gasteiger charge is -2.39. The van der Waals surface area contributed by atoms with Gasteiger partial charge in [0.1, 0.15) is 5.92 Å². The molecule has 0 aromatic heterocycles. The first kappa shape index (κ1) is 19.1. The standard InChI is InChI=1S/C17H13F5N2O3/c1-5-8(17(26)27-2)10(9-6(24-5)3-23-4-7(9)25)11-12(18)14(20)16(22)15(21)13(11)19/h3,6,8-10H,4H2,1-2H3. The summed E-state index contributed by atoms with van der Waals surface area (Å²) >= 11 is 0. The number of Topliss-reactive ketones (excluding diaryl/α,β-unsaturated/α-hetero) is 1. The molecule has 1 aromatic rings. The number of carbonyl (C=O) groups excluding carboxylic acids is 2. The molecule has 0 fully saturated rings. The Kier molecular flexibility index (Phi) is 4.83. The normalized spacial score (nSPS) is 27.2. The minimum absolute atomic E-state index is 0.0400. The maximum Gasteiger partial charge on any atom is 0.315 e. The van der Waals surface area contributed by atoms with E-state index in [1.807, 2.05) is 0 Å². The molecule has 0 saturated carbocycles. The van der Waals surface area contributed by atoms with E-state index in [0.717, 1.165) is 7.11 Å². The molecule has 0 spiro atoms. The van der Waals surface area contributed by atoms with E-state index >= 15 is 0 Å². The monoisotopic (exact) mass is 388 g/mol. The van der Waals surface area contributed by atoms with Gasteiger partial charge in [0.2, 0.25) is 5.82 Å². The second-order valence-corrected chi connectivity index (χ2v) is 6.25. The molecular weight excluding hydrogens is 375 g/mol. The summed E-state index contributed by atoms with van der Waals surface area (Å²) < 4.78 is 74.6. The number of esters is 1. The van der Waals surface area contributed by atoms with E-state index in [9.17, 15) is 31.5 Å². The molecule has 0 radical (unpaired) electrons. The van der Waals surface area contributed by atoms with Gasteiger partial charge < -0.3 is 4.74 Å². The van der Waals surface area contributed by atoms with Crippen molar-refractivity contribution < 1.29 is 36.3 Å². The molecule has 4 atom stereocenters. The van der Waals surface area contributed by atoms with E-state index in [1.165, 1.54) is 13.1 Å². The topological polar surface area (TPSA) is 68.1 Å². The van der Waals surface area contributed by atoms with Crippen LogP contribution in [-0.2, 0) is 14.3 Å². The van der Waals surface area contributed by atoms with Crippen LogP contribution in [0.1, 0.15) is 18.4 Å². The van der Waals surface area contributed by atoms with Crippen LogP contribution in [0.3, 0.4) is 0 Å². The van der Waals surface area contributed by atoms with Crippen LogP contribution in [0.15, 0.2) is 9.98 Å². The Hall–Kier alpha value is -2.65. The highest BCUT2D eigenvalue weighted by atomic mass is 19.2. The number of aliphatic imine (C=N–C) groups is 2. The fraction of sp³-hybridized carbons (Fsp3) is 0.412. The average molecular weight is 388 g/mol. The highest BCUT2D eigenvalue weighted by Gasteiger charge is 2.51. The van der Waals surface area contributed by atoms with Crippen molar-refractivity contribution in [2.24, 2.45) is 21.8 Å². The summed E-state index contributed by atoms with van der Waals surface area (Å²) in [7, 11) is 1.00. The third kappa shape index (κ3) is 2.83. The minimum atomic E-state index is -2.32. The quantitative estimate of drug-likeness (QED) is 0.338. The summed E-state index contributed by atoms with van der Waals surface area (Å²) in [5.41, 5.74) is -1.19. The zero-order chi connectivity index (χ0) is 20.0. The number of halogens is 5. The summed E-state index contributed by atoms with van der Waals surface area (Å²) in [4.78, 5) is 32.6. The van der Waals surface area contributed by atoms with Crippen molar-refractivity contribution in [1.29, 1.82) is 0 Å². The Morgan fingerprint density at radius 3 is 2.15 bits per heavy atom. The number of benzene rings is 1. The summed E-state index contributed by atoms with van der Waals surface area (Å²) in [6.45, 7) is 0.999. The molecule has 0 amide bonds. The molecule has 2 aliphatic heterocycles. The number of ether oxygens (including phenoxy) is 1. The van der Waals surface area contributed by atoms with Gasteiger partial charge in [-0.25, -0.2) is 22.0 Å². The van der Waals surface area contributed by atoms with Crippen LogP contribution in [0.2, 0.25) is 0 Å². The molecule has 0 aliphatic carbocycles. The number of nitrogens with zero attached hydrogens (tertiary/aromatic N) is 2. The number of hydrogen-bond acceptors (Lipinski definition) is 5. The van der Waals surface area contributed by atoms with Crippen LogP contribution in [-0.4, -0.2) is 43.4 Å². The minimum Gasteiger partial charge on any atom is -0.468 e. The van der Waals surface area contributed by atoms with Gasteiger partial charge >= 0.3 is 5.97 Å². The van der Waals surface area contributed by atoms with Gasteiger partial charge in [-0.15, -0.1) is 0 Å². The lowest BCUT2D eigenvalue weighted by Crippen LogP contribution is -2.49. The van der Waals surface area contributed by atoms with Crippen molar-refractivity contribution in [3.8, 4) is 0 Å². The lowest BCUT2D eigenvalue weighted by molar-refractivity contribution is -0.144. The summed E-state index contributed by atoms with van der Waals surface area (Å²) in [5.74, 6) is -16.9. The smallest absolute Gasteiger partial charge is 0.315 e. The van der Waals surface area contributed by atoms with E-state index in [4.69, 9.17) is 0 Å². The lowest BCUT2D eigenvalue weighted by atomic mass is 9.67. The molecule has 144 valence electrons. The Labute approximate surface area is 149 Å². The largest absolute Gasteiger partial charge is 0.468 e. The van der Waals surface area contributed by atoms with E-state index in [0.29, 0.717) is 0 Å². The number of carbonyl (C=O) groups is 2. The maximum absolute atomic E-state index is 14.5. The highest BCUT2D eigenvalue weighted by molar-refractivity contribution is 6.06. The van der Waals surface area contributed by atoms with Crippen molar-refractivity contribution in [3.05, 3.63) is 34.6 Å². The fourth-order valence-corrected chi connectivity index (χ4v) is 3.65. The predicted octanol–water partition coefficient (Wildman–Crippen LogP) is 2.37. The Morgan fingerprint density at radius 2 is 1.59 bits per heavy atom. The number of ketones is 1. The number of methoxy groups -OCH3 is 1. The van der Waals surface area contributed by atoms with Gasteiger partial charge in [-0.3, -0.25) is 19.6 Å². The summed E-state index contributed by atoms with van der Waals surface area (Å²) in [6, 6.07) is -0.980. The van der Waals surface area contributed by atoms with Crippen molar-refractivity contribution in [3.63, 3.8) is 0 Å². The van der Waals surface area contributed by atoms with Crippen LogP contribution in [0.5, 0.6) is 0 Å². The van der Waals surface area contributed by atoms with E-state index in [1.54, 1.807) is 0 Å². The van der Waals surface area contributed by atoms with Crippen LogP contribution in [0.4, 0.5) is 22.0 Å². The Balaban J connectivity index is 2.33. The van der Waals surface area contributed by atoms with Gasteiger partial charge in [0.15, 0.2) is 29.1 Å². The molecule has 0 N–H and O–H groups in total. The van der Waals surface area contributed by atoms with Crippen molar-refractivity contribution >= 4 is 23.7 Å². The van der Waals surface area contributed by atoms with Gasteiger partial charge in [0.05, 0.1) is 25.6 Å². The van der Waals surface area contributed by atoms with Gasteiger partial charge in [0, 0.05) is 23.4 Å². The first-order valence-electron chi connectivity index (χ1n) is 7.86. The second kappa shape index (κ2) is 6.82. The van der Waals surface area contributed by atoms with Crippen LogP contribution in [0.25, 0.3) is 0 Å². The average Bonchev–Trinajstić information content (AvgIpc) is 2.64. The molecule has 5 nitrogen and oxygen atoms in total. The van der Waals surface area contributed by atoms with Crippen molar-refractivity contribution in [1.82, 2.24) is 0 Å². The Bertz CT molecular complexity index is 870. The molecule has 2 heterocycles. The number of hydrogen-bond donors (Lipinski definition) is 0. The first-order valence-corrected chi connectivity index (χ1v) is 7.86. The molecule has 0 bridgehead atoms. The van der Waals surface area contributed by atoms with Crippen LogP contribution in [0, 0.1) is 40.9 Å². The molecule has 1 aromatic carbocycles. The third-order valence-corrected chi connectivity index (χ3v) is 4.83. The molecule has 4 unspecified atom stereocenters. The molecule has 0 saturated heterocycles. The third-order valence-electron chi connectivity index (χ3n) is 4.83. The zero-order valence-corrected chi connectivity index (χ0v) is 14.1. The Morgan fingerprint density at radius 1 is 1.04 bits per heavy atom. The maximum atomic E-state index is 14.5. The van der Waals surface area contributed by atoms with Crippen molar-refractivity contribution in [2.45, 2.75) is 18.9 Å². The predicted molar refractivity (Wildman–Crippen MR) is 83.2 cm³/mol. The highest BCUT2D eigenvalue weighted by Crippen LogP contribution is 2.44. The second-order valence-electron chi connectivity index (χ2n) is 6.25. The van der Waals surface area contributed by atoms with E-state index in [-0.39, 0.29) is 12.3 Å². The van der Waals surface area contributed by atoms with E-state index in [2.05, 4.69) is 14.7 Å². The molecule has 2 aliphatic rings. The SMILES string of the molecule is COC(=O)C1C(C)=NC2C=NCC(=O)C2C1c1c(F)c(F)c(F)c(F)c1F. The van der Waals surface area contributed by atoms with Crippen LogP contribution < -0.4 is 0 Å². The van der Waals surface area contributed by atoms with Gasteiger partial charge in [-0.05, 0) is 6.92 Å². The molecule has 3 rings (SSSR count). The van der Waals surface area contributed by atoms with Crippen LogP contribution >= 0.6 is 0 Å². The van der Waals surface area contributed by atoms with Gasteiger partial charge in [-0.2, -0.15) is 0 Å². The number of rotatable bonds is 2. The van der Waals surface area contributed by atoms with Gasteiger partial charge in [-0.1, -0.05) is 0 Å². The molecule has 27 heavy (non-hydrogen) atoms. The molecule has 10 heteroatoms. The number of fused-ring (bicyclic) bond motifs is 1. The molecular formula is C17H13F5N2O3.